The molecular formula is C17H22N2O. The molecule has 1 aromatic heterocycles. The summed E-state index contributed by atoms with van der Waals surface area (Å²) in [4.78, 5) is 6.49. The molecule has 1 atom stereocenters. The lowest BCUT2D eigenvalue weighted by Gasteiger charge is -2.20. The van der Waals surface area contributed by atoms with Gasteiger partial charge in [0, 0.05) is 13.6 Å². The van der Waals surface area contributed by atoms with Gasteiger partial charge in [-0.05, 0) is 31.0 Å². The maximum absolute atomic E-state index is 9.75. The third-order valence-electron chi connectivity index (χ3n) is 3.44. The first-order valence-corrected chi connectivity index (χ1v) is 7.01. The second kappa shape index (κ2) is 6.53. The first-order chi connectivity index (χ1) is 9.60. The molecule has 106 valence electrons. The Hall–Kier alpha value is -1.87. The fourth-order valence-corrected chi connectivity index (χ4v) is 2.21. The van der Waals surface area contributed by atoms with Crippen molar-refractivity contribution >= 4 is 5.69 Å². The van der Waals surface area contributed by atoms with Crippen LogP contribution in [0.15, 0.2) is 42.6 Å². The molecule has 3 nitrogen and oxygen atoms in total. The maximum Gasteiger partial charge on any atom is 0.0957 e. The minimum absolute atomic E-state index is 0.467. The Morgan fingerprint density at radius 2 is 2.05 bits per heavy atom. The Morgan fingerprint density at radius 3 is 2.65 bits per heavy atom. The van der Waals surface area contributed by atoms with Gasteiger partial charge in [-0.15, -0.1) is 0 Å². The van der Waals surface area contributed by atoms with Crippen LogP contribution in [0, 0.1) is 6.92 Å². The minimum atomic E-state index is -0.467. The van der Waals surface area contributed by atoms with Crippen molar-refractivity contribution in [1.29, 1.82) is 0 Å². The Bertz CT molecular complexity index is 551. The van der Waals surface area contributed by atoms with Gasteiger partial charge in [-0.1, -0.05) is 36.8 Å². The molecule has 0 spiro atoms. The minimum Gasteiger partial charge on any atom is -0.387 e. The maximum atomic E-state index is 9.75. The molecule has 0 saturated heterocycles. The summed E-state index contributed by atoms with van der Waals surface area (Å²) in [6.07, 6.45) is 2.04. The number of aryl methyl sites for hydroxylation is 1. The summed E-state index contributed by atoms with van der Waals surface area (Å²) in [5.74, 6) is 0. The van der Waals surface area contributed by atoms with E-state index in [2.05, 4.69) is 48.1 Å². The zero-order valence-electron chi connectivity index (χ0n) is 12.4. The molecule has 0 amide bonds. The summed E-state index contributed by atoms with van der Waals surface area (Å²) < 4.78 is 0. The Morgan fingerprint density at radius 1 is 1.25 bits per heavy atom. The van der Waals surface area contributed by atoms with Crippen molar-refractivity contribution in [3.63, 3.8) is 0 Å². The van der Waals surface area contributed by atoms with Crippen LogP contribution in [0.4, 0.5) is 5.69 Å². The molecule has 0 aliphatic heterocycles. The standard InChI is InChI=1S/C17H22N2O/c1-4-17(20)16-9-8-15(11-18-16)19(3)12-14-7-5-6-13(2)10-14/h5-11,17,20H,4,12H2,1-3H3/t17-/m0/s1. The third kappa shape index (κ3) is 3.58. The molecular weight excluding hydrogens is 248 g/mol. The molecule has 1 heterocycles. The first-order valence-electron chi connectivity index (χ1n) is 7.01. The highest BCUT2D eigenvalue weighted by molar-refractivity contribution is 5.44. The van der Waals surface area contributed by atoms with Crippen LogP contribution in [0.25, 0.3) is 0 Å². The summed E-state index contributed by atoms with van der Waals surface area (Å²) in [5, 5.41) is 9.75. The number of benzene rings is 1. The van der Waals surface area contributed by atoms with Gasteiger partial charge in [0.15, 0.2) is 0 Å². The number of anilines is 1. The molecule has 0 aliphatic rings. The van der Waals surface area contributed by atoms with Gasteiger partial charge in [0.1, 0.15) is 0 Å². The van der Waals surface area contributed by atoms with E-state index in [9.17, 15) is 5.11 Å². The van der Waals surface area contributed by atoms with Gasteiger partial charge in [-0.25, -0.2) is 0 Å². The molecule has 2 aromatic rings. The number of pyridine rings is 1. The van der Waals surface area contributed by atoms with Gasteiger partial charge in [0.05, 0.1) is 23.7 Å². The topological polar surface area (TPSA) is 36.4 Å². The monoisotopic (exact) mass is 270 g/mol. The van der Waals surface area contributed by atoms with E-state index in [0.29, 0.717) is 6.42 Å². The Kier molecular flexibility index (Phi) is 4.74. The largest absolute Gasteiger partial charge is 0.387 e. The predicted octanol–water partition coefficient (Wildman–Crippen LogP) is 3.47. The van der Waals surface area contributed by atoms with E-state index in [1.165, 1.54) is 11.1 Å². The number of hydrogen-bond donors (Lipinski definition) is 1. The van der Waals surface area contributed by atoms with E-state index >= 15 is 0 Å². The van der Waals surface area contributed by atoms with Crippen molar-refractivity contribution in [2.75, 3.05) is 11.9 Å². The summed E-state index contributed by atoms with van der Waals surface area (Å²) in [6.45, 7) is 4.90. The zero-order valence-corrected chi connectivity index (χ0v) is 12.4. The normalized spacial score (nSPS) is 12.2. The summed E-state index contributed by atoms with van der Waals surface area (Å²) in [6, 6.07) is 12.4. The van der Waals surface area contributed by atoms with Crippen LogP contribution in [0.2, 0.25) is 0 Å². The van der Waals surface area contributed by atoms with Crippen LogP contribution in [0.1, 0.15) is 36.3 Å². The average molecular weight is 270 g/mol. The Labute approximate surface area is 120 Å². The van der Waals surface area contributed by atoms with Crippen molar-refractivity contribution in [1.82, 2.24) is 4.98 Å². The van der Waals surface area contributed by atoms with Gasteiger partial charge >= 0.3 is 0 Å². The fraction of sp³-hybridized carbons (Fsp3) is 0.353. The highest BCUT2D eigenvalue weighted by Gasteiger charge is 2.08. The molecule has 20 heavy (non-hydrogen) atoms. The van der Waals surface area contributed by atoms with Crippen LogP contribution in [0.5, 0.6) is 0 Å². The van der Waals surface area contributed by atoms with Gasteiger partial charge in [0.2, 0.25) is 0 Å². The number of aliphatic hydroxyl groups excluding tert-OH is 1. The zero-order chi connectivity index (χ0) is 14.5. The molecule has 1 N–H and O–H groups in total. The van der Waals surface area contributed by atoms with Crippen molar-refractivity contribution in [3.05, 3.63) is 59.4 Å². The number of aliphatic hydroxyl groups is 1. The van der Waals surface area contributed by atoms with Gasteiger partial charge in [0.25, 0.3) is 0 Å². The van der Waals surface area contributed by atoms with Crippen LogP contribution >= 0.6 is 0 Å². The highest BCUT2D eigenvalue weighted by Crippen LogP contribution is 2.19. The predicted molar refractivity (Wildman–Crippen MR) is 82.8 cm³/mol. The summed E-state index contributed by atoms with van der Waals surface area (Å²) in [5.41, 5.74) is 4.35. The Balaban J connectivity index is 2.07. The SMILES string of the molecule is CC[C@H](O)c1ccc(N(C)Cc2cccc(C)c2)cn1. The van der Waals surface area contributed by atoms with Crippen molar-refractivity contribution < 1.29 is 5.11 Å². The van der Waals surface area contributed by atoms with E-state index in [0.717, 1.165) is 17.9 Å². The highest BCUT2D eigenvalue weighted by atomic mass is 16.3. The second-order valence-electron chi connectivity index (χ2n) is 5.21. The van der Waals surface area contributed by atoms with E-state index < -0.39 is 6.10 Å². The number of rotatable bonds is 5. The molecule has 0 radical (unpaired) electrons. The summed E-state index contributed by atoms with van der Waals surface area (Å²) in [7, 11) is 2.05. The van der Waals surface area contributed by atoms with Crippen LogP contribution in [-0.2, 0) is 6.54 Å². The van der Waals surface area contributed by atoms with Gasteiger partial charge < -0.3 is 10.0 Å². The van der Waals surface area contributed by atoms with Crippen molar-refractivity contribution in [3.8, 4) is 0 Å². The average Bonchev–Trinajstić information content (AvgIpc) is 2.46. The lowest BCUT2D eigenvalue weighted by atomic mass is 10.1. The molecule has 0 bridgehead atoms. The molecule has 0 fully saturated rings. The number of aromatic nitrogens is 1. The van der Waals surface area contributed by atoms with E-state index in [1.807, 2.05) is 25.3 Å². The van der Waals surface area contributed by atoms with E-state index in [4.69, 9.17) is 0 Å². The first kappa shape index (κ1) is 14.5. The number of hydrogen-bond acceptors (Lipinski definition) is 3. The van der Waals surface area contributed by atoms with Crippen LogP contribution < -0.4 is 4.90 Å². The van der Waals surface area contributed by atoms with Crippen LogP contribution in [0.3, 0.4) is 0 Å². The van der Waals surface area contributed by atoms with Gasteiger partial charge in [-0.3, -0.25) is 4.98 Å². The smallest absolute Gasteiger partial charge is 0.0957 e. The quantitative estimate of drug-likeness (QED) is 0.903. The van der Waals surface area contributed by atoms with E-state index in [-0.39, 0.29) is 0 Å². The molecule has 1 aromatic carbocycles. The van der Waals surface area contributed by atoms with Crippen molar-refractivity contribution in [2.24, 2.45) is 0 Å². The third-order valence-corrected chi connectivity index (χ3v) is 3.44. The van der Waals surface area contributed by atoms with E-state index in [1.54, 1.807) is 0 Å². The van der Waals surface area contributed by atoms with Crippen molar-refractivity contribution in [2.45, 2.75) is 32.9 Å². The molecule has 3 heteroatoms. The molecule has 0 aliphatic carbocycles. The molecule has 2 rings (SSSR count). The van der Waals surface area contributed by atoms with Crippen LogP contribution in [-0.4, -0.2) is 17.1 Å². The lowest BCUT2D eigenvalue weighted by molar-refractivity contribution is 0.169. The lowest BCUT2D eigenvalue weighted by Crippen LogP contribution is -2.16. The summed E-state index contributed by atoms with van der Waals surface area (Å²) >= 11 is 0. The van der Waals surface area contributed by atoms with Gasteiger partial charge in [-0.2, -0.15) is 0 Å². The molecule has 0 unspecified atom stereocenters. The second-order valence-corrected chi connectivity index (χ2v) is 5.21. The number of nitrogens with zero attached hydrogens (tertiary/aromatic N) is 2. The fourth-order valence-electron chi connectivity index (χ4n) is 2.21. The molecule has 0 saturated carbocycles.